The van der Waals surface area contributed by atoms with Crippen LogP contribution in [0, 0.1) is 20.2 Å². The van der Waals surface area contributed by atoms with Gasteiger partial charge in [0, 0.05) is 63.7 Å². The number of para-hydroxylation sites is 2. The average Bonchev–Trinajstić information content (AvgIpc) is 4.05. The Labute approximate surface area is 382 Å². The summed E-state index contributed by atoms with van der Waals surface area (Å²) in [4.78, 5) is 64.7. The normalized spacial score (nSPS) is 12.4. The van der Waals surface area contributed by atoms with Gasteiger partial charge in [0.25, 0.3) is 23.2 Å². The smallest absolute Gasteiger partial charge is 0.286 e. The van der Waals surface area contributed by atoms with Gasteiger partial charge >= 0.3 is 0 Å². The highest BCUT2D eigenvalue weighted by Crippen LogP contribution is 2.45. The van der Waals surface area contributed by atoms with Crippen LogP contribution in [0.3, 0.4) is 0 Å². The number of H-pyrrole nitrogens is 2. The number of amides is 2. The Hall–Kier alpha value is -9.19. The molecule has 340 valence electrons. The number of benzene rings is 6. The maximum atomic E-state index is 13.5. The van der Waals surface area contributed by atoms with E-state index in [9.17, 15) is 34.6 Å². The molecule has 0 radical (unpaired) electrons. The van der Waals surface area contributed by atoms with Gasteiger partial charge in [-0.15, -0.1) is 0 Å². The van der Waals surface area contributed by atoms with Gasteiger partial charge < -0.3 is 33.8 Å². The van der Waals surface area contributed by atoms with Crippen molar-refractivity contribution in [3.63, 3.8) is 0 Å². The number of aromatic amines is 2. The number of hydrogen-bond acceptors (Lipinski definition) is 12. The Morgan fingerprint density at radius 1 is 0.687 bits per heavy atom. The van der Waals surface area contributed by atoms with Crippen LogP contribution in [0.2, 0.25) is 0 Å². The summed E-state index contributed by atoms with van der Waals surface area (Å²) in [5.41, 5.74) is 11.7. The maximum Gasteiger partial charge on any atom is 0.286 e. The van der Waals surface area contributed by atoms with E-state index in [4.69, 9.17) is 18.9 Å². The van der Waals surface area contributed by atoms with E-state index >= 15 is 0 Å². The lowest BCUT2D eigenvalue weighted by Gasteiger charge is -2.27. The second-order valence-electron chi connectivity index (χ2n) is 14.7. The Morgan fingerprint density at radius 2 is 1.27 bits per heavy atom. The van der Waals surface area contributed by atoms with Crippen molar-refractivity contribution in [3.8, 4) is 23.0 Å². The van der Waals surface area contributed by atoms with E-state index in [1.165, 1.54) is 43.5 Å². The zero-order chi connectivity index (χ0) is 47.6. The van der Waals surface area contributed by atoms with Gasteiger partial charge in [0.2, 0.25) is 0 Å². The summed E-state index contributed by atoms with van der Waals surface area (Å²) in [5, 5.41) is 23.5. The van der Waals surface area contributed by atoms with Gasteiger partial charge in [-0.25, -0.2) is 0 Å². The summed E-state index contributed by atoms with van der Waals surface area (Å²) < 4.78 is 20.9. The molecule has 67 heavy (non-hydrogen) atoms. The number of non-ortho nitro benzene ring substituents is 2. The molecule has 1 unspecified atom stereocenters. The van der Waals surface area contributed by atoms with Crippen LogP contribution in [-0.4, -0.2) is 71.3 Å². The number of aromatic nitrogens is 2. The van der Waals surface area contributed by atoms with Gasteiger partial charge in [-0.3, -0.25) is 45.5 Å². The summed E-state index contributed by atoms with van der Waals surface area (Å²) >= 11 is 0. The molecule has 0 bridgehead atoms. The van der Waals surface area contributed by atoms with Gasteiger partial charge in [-0.05, 0) is 71.8 Å². The number of carbonyl (C=O) groups is 3. The number of rotatable bonds is 13. The fourth-order valence-corrected chi connectivity index (χ4v) is 7.47. The van der Waals surface area contributed by atoms with E-state index in [1.807, 2.05) is 66.7 Å². The molecule has 18 heteroatoms. The van der Waals surface area contributed by atoms with Crippen LogP contribution in [0.15, 0.2) is 140 Å². The van der Waals surface area contributed by atoms with Crippen LogP contribution in [0.5, 0.6) is 23.0 Å². The summed E-state index contributed by atoms with van der Waals surface area (Å²) in [6, 6.07) is 39.5. The number of anilines is 1. The van der Waals surface area contributed by atoms with Crippen LogP contribution in [0.1, 0.15) is 54.1 Å². The molecular weight excluding hydrogens is 863 g/mol. The van der Waals surface area contributed by atoms with E-state index in [-0.39, 0.29) is 29.2 Å². The highest BCUT2D eigenvalue weighted by Gasteiger charge is 2.41. The molecule has 18 nitrogen and oxygen atoms in total. The average molecular weight is 906 g/mol. The SMILES string of the molecule is COc1ccc(C2c3c([nH]c4ccccc34)C(=O)N2Cc2ccc([N+](=O)[O-])cc2)cc1OC.COc1ccc(C=O)cc1OC.O=C(NNc1ccc([N+](=O)[O-])cc1)c1cc2ccccc2[nH]1. The molecule has 3 heterocycles. The monoisotopic (exact) mass is 905 g/mol. The number of fused-ring (bicyclic) bond motifs is 4. The number of nitro benzene ring substituents is 2. The van der Waals surface area contributed by atoms with Crippen molar-refractivity contribution < 1.29 is 43.2 Å². The highest BCUT2D eigenvalue weighted by atomic mass is 16.6. The van der Waals surface area contributed by atoms with Crippen LogP contribution >= 0.6 is 0 Å². The number of hydrogen-bond donors (Lipinski definition) is 4. The molecule has 8 aromatic rings. The van der Waals surface area contributed by atoms with Gasteiger partial charge in [-0.1, -0.05) is 54.6 Å². The molecule has 9 rings (SSSR count). The van der Waals surface area contributed by atoms with E-state index in [1.54, 1.807) is 62.6 Å². The van der Waals surface area contributed by atoms with Crippen molar-refractivity contribution in [1.29, 1.82) is 0 Å². The Morgan fingerprint density at radius 3 is 1.88 bits per heavy atom. The molecule has 4 N–H and O–H groups in total. The van der Waals surface area contributed by atoms with Crippen molar-refractivity contribution in [2.24, 2.45) is 0 Å². The summed E-state index contributed by atoms with van der Waals surface area (Å²) in [6.07, 6.45) is 0.766. The summed E-state index contributed by atoms with van der Waals surface area (Å²) in [5.74, 6) is 1.93. The molecule has 0 saturated carbocycles. The van der Waals surface area contributed by atoms with Gasteiger partial charge in [0.1, 0.15) is 17.7 Å². The van der Waals surface area contributed by atoms with Crippen LogP contribution in [0.25, 0.3) is 21.8 Å². The molecule has 2 amide bonds. The molecule has 1 aliphatic heterocycles. The van der Waals surface area contributed by atoms with Crippen LogP contribution in [-0.2, 0) is 6.54 Å². The first-order chi connectivity index (χ1) is 32.5. The molecule has 1 atom stereocenters. The van der Waals surface area contributed by atoms with Crippen molar-refractivity contribution >= 4 is 57.0 Å². The number of hydrazine groups is 1. The number of nitrogens with one attached hydrogen (secondary N) is 4. The zero-order valence-electron chi connectivity index (χ0n) is 36.5. The minimum Gasteiger partial charge on any atom is -0.493 e. The predicted molar refractivity (Wildman–Crippen MR) is 250 cm³/mol. The van der Waals surface area contributed by atoms with E-state index in [0.29, 0.717) is 52.2 Å². The van der Waals surface area contributed by atoms with Crippen molar-refractivity contribution in [2.75, 3.05) is 33.9 Å². The molecule has 0 fully saturated rings. The molecular formula is C49H43N7O11. The first kappa shape index (κ1) is 45.8. The minimum absolute atomic E-state index is 0.00695. The third-order valence-electron chi connectivity index (χ3n) is 10.7. The highest BCUT2D eigenvalue weighted by molar-refractivity contribution is 6.05. The molecule has 6 aromatic carbocycles. The third-order valence-corrected chi connectivity index (χ3v) is 10.7. The number of ether oxygens (including phenoxy) is 4. The van der Waals surface area contributed by atoms with Crippen molar-refractivity contribution in [3.05, 3.63) is 193 Å². The number of nitrogens with zero attached hydrogens (tertiary/aromatic N) is 3. The minimum atomic E-state index is -0.479. The Balaban J connectivity index is 0.000000168. The molecule has 0 spiro atoms. The van der Waals surface area contributed by atoms with E-state index in [2.05, 4.69) is 20.8 Å². The maximum absolute atomic E-state index is 13.5. The molecule has 1 aliphatic rings. The second-order valence-corrected chi connectivity index (χ2v) is 14.7. The number of aldehydes is 1. The van der Waals surface area contributed by atoms with E-state index < -0.39 is 9.85 Å². The Kier molecular flexibility index (Phi) is 14.0. The lowest BCUT2D eigenvalue weighted by Crippen LogP contribution is -2.29. The van der Waals surface area contributed by atoms with Gasteiger partial charge in [0.05, 0.1) is 50.0 Å². The van der Waals surface area contributed by atoms with Crippen molar-refractivity contribution in [2.45, 2.75) is 12.6 Å². The summed E-state index contributed by atoms with van der Waals surface area (Å²) in [7, 11) is 6.24. The first-order valence-corrected chi connectivity index (χ1v) is 20.4. The second kappa shape index (κ2) is 20.5. The first-order valence-electron chi connectivity index (χ1n) is 20.4. The van der Waals surface area contributed by atoms with E-state index in [0.717, 1.165) is 44.8 Å². The standard InChI is InChI=1S/C25H21N3O5.C15H12N4O3.C9H10O3/c1-32-20-12-9-16(13-21(20)33-2)24-22-18-5-3-4-6-19(18)26-23(22)25(29)27(24)14-15-7-10-17(11-8-15)28(30)31;20-15(14-9-10-3-1-2-4-13(10)16-14)18-17-11-5-7-12(8-6-11)19(21)22;1-11-8-4-3-7(6-10)5-9(8)12-2/h3-13,24,26H,14H2,1-2H3;1-9,16-17H,(H,18,20);3-6H,1-2H3. The fraction of sp³-hybridized carbons (Fsp3) is 0.122. The number of methoxy groups -OCH3 is 4. The number of carbonyl (C=O) groups excluding carboxylic acids is 3. The van der Waals surface area contributed by atoms with Gasteiger partial charge in [-0.2, -0.15) is 0 Å². The molecule has 2 aromatic heterocycles. The quantitative estimate of drug-likeness (QED) is 0.0482. The molecule has 0 saturated heterocycles. The van der Waals surface area contributed by atoms with Crippen LogP contribution < -0.4 is 29.8 Å². The lowest BCUT2D eigenvalue weighted by molar-refractivity contribution is -0.385. The Bertz CT molecular complexity index is 3060. The van der Waals surface area contributed by atoms with Gasteiger partial charge in [0.15, 0.2) is 23.0 Å². The third kappa shape index (κ3) is 10.1. The lowest BCUT2D eigenvalue weighted by atomic mass is 9.97. The number of nitro groups is 2. The zero-order valence-corrected chi connectivity index (χ0v) is 36.5. The predicted octanol–water partition coefficient (Wildman–Crippen LogP) is 9.19. The molecule has 0 aliphatic carbocycles. The van der Waals surface area contributed by atoms with Crippen molar-refractivity contribution in [1.82, 2.24) is 20.3 Å². The fourth-order valence-electron chi connectivity index (χ4n) is 7.47. The topological polar surface area (TPSA) is 233 Å². The largest absolute Gasteiger partial charge is 0.493 e. The van der Waals surface area contributed by atoms with Crippen LogP contribution in [0.4, 0.5) is 17.1 Å². The summed E-state index contributed by atoms with van der Waals surface area (Å²) in [6.45, 7) is 0.298.